The Balaban J connectivity index is 1.19. The Kier molecular flexibility index (Phi) is 5.34. The van der Waals surface area contributed by atoms with E-state index in [-0.39, 0.29) is 0 Å². The topological polar surface area (TPSA) is 51.1 Å². The van der Waals surface area contributed by atoms with E-state index >= 15 is 0 Å². The summed E-state index contributed by atoms with van der Waals surface area (Å²) < 4.78 is 13.6. The van der Waals surface area contributed by atoms with Crippen LogP contribution in [0.5, 0.6) is 0 Å². The number of hydrogen-bond donors (Lipinski definition) is 0. The van der Waals surface area contributed by atoms with Gasteiger partial charge in [-0.2, -0.15) is 5.26 Å². The molecule has 0 aliphatic carbocycles. The first-order valence-electron chi connectivity index (χ1n) is 16.3. The Morgan fingerprint density at radius 2 is 1.22 bits per heavy atom. The number of thiophene rings is 1. The summed E-state index contributed by atoms with van der Waals surface area (Å²) in [7, 11) is 0. The van der Waals surface area contributed by atoms with Crippen molar-refractivity contribution >= 4 is 103 Å². The van der Waals surface area contributed by atoms with E-state index in [2.05, 4.69) is 105 Å². The molecule has 7 aromatic carbocycles. The molecule has 0 unspecified atom stereocenters. The number of benzene rings is 7. The second kappa shape index (κ2) is 9.84. The molecule has 4 heterocycles. The van der Waals surface area contributed by atoms with Gasteiger partial charge in [-0.05, 0) is 90.3 Å². The van der Waals surface area contributed by atoms with Crippen molar-refractivity contribution in [3.05, 3.63) is 150 Å². The summed E-state index contributed by atoms with van der Waals surface area (Å²) in [5, 5.41) is 18.6. The van der Waals surface area contributed by atoms with Crippen LogP contribution in [-0.2, 0) is 0 Å². The van der Waals surface area contributed by atoms with E-state index in [0.717, 1.165) is 71.5 Å². The maximum Gasteiger partial charge on any atom is 0.188 e. The minimum atomic E-state index is 0.579. The number of rotatable bonds is 2. The van der Waals surface area contributed by atoms with Crippen molar-refractivity contribution in [2.24, 2.45) is 0 Å². The zero-order chi connectivity index (χ0) is 33.1. The number of nitriles is 1. The number of aromatic nitrogens is 2. The molecular formula is C44H22N4OS. The van der Waals surface area contributed by atoms with Crippen LogP contribution < -0.4 is 0 Å². The Hall–Kier alpha value is -6.86. The molecule has 0 N–H and O–H groups in total. The molecule has 230 valence electrons. The molecule has 11 aromatic rings. The molecule has 0 fully saturated rings. The van der Waals surface area contributed by atoms with Gasteiger partial charge in [0, 0.05) is 58.5 Å². The molecule has 11 rings (SSSR count). The standard InChI is InChI=1S/C44H22N4OS/c1-46-26-11-17-39-34(21-26)33-20-25(24-45)10-16-38(33)47(39)27-12-18-41-35(22-27)36-23-28(13-19-42(36)50-41)48-37-8-4-2-6-29(37)31-14-15-32-30-7-3-5-9-40(30)49-44(32)43(31)48/h2-23H. The predicted molar refractivity (Wildman–Crippen MR) is 206 cm³/mol. The third kappa shape index (κ3) is 3.58. The highest BCUT2D eigenvalue weighted by Crippen LogP contribution is 2.43. The summed E-state index contributed by atoms with van der Waals surface area (Å²) >= 11 is 1.80. The van der Waals surface area contributed by atoms with Crippen LogP contribution in [0.2, 0.25) is 0 Å². The first-order valence-corrected chi connectivity index (χ1v) is 17.2. The molecule has 50 heavy (non-hydrogen) atoms. The van der Waals surface area contributed by atoms with Crippen LogP contribution >= 0.6 is 11.3 Å². The van der Waals surface area contributed by atoms with Crippen molar-refractivity contribution in [2.75, 3.05) is 0 Å². The highest BCUT2D eigenvalue weighted by atomic mass is 32.1. The average Bonchev–Trinajstić information content (AvgIpc) is 3.91. The molecule has 0 aliphatic heterocycles. The molecule has 0 radical (unpaired) electrons. The molecular weight excluding hydrogens is 633 g/mol. The number of furan rings is 1. The van der Waals surface area contributed by atoms with E-state index in [0.29, 0.717) is 11.3 Å². The highest BCUT2D eigenvalue weighted by Gasteiger charge is 2.20. The van der Waals surface area contributed by atoms with E-state index < -0.39 is 0 Å². The van der Waals surface area contributed by atoms with Gasteiger partial charge >= 0.3 is 0 Å². The fraction of sp³-hybridized carbons (Fsp3) is 0. The fourth-order valence-electron chi connectivity index (χ4n) is 7.96. The Morgan fingerprint density at radius 1 is 0.560 bits per heavy atom. The van der Waals surface area contributed by atoms with Gasteiger partial charge in [0.05, 0.1) is 40.3 Å². The molecule has 5 nitrogen and oxygen atoms in total. The van der Waals surface area contributed by atoms with Gasteiger partial charge in [0.15, 0.2) is 11.3 Å². The first-order chi connectivity index (χ1) is 24.7. The van der Waals surface area contributed by atoms with E-state index in [1.54, 1.807) is 11.3 Å². The van der Waals surface area contributed by atoms with Crippen molar-refractivity contribution in [2.45, 2.75) is 0 Å². The first kappa shape index (κ1) is 27.1. The largest absolute Gasteiger partial charge is 0.454 e. The molecule has 0 aliphatic rings. The molecule has 0 saturated carbocycles. The third-order valence-corrected chi connectivity index (χ3v) is 11.3. The van der Waals surface area contributed by atoms with Gasteiger partial charge in [-0.15, -0.1) is 11.3 Å². The van der Waals surface area contributed by atoms with E-state index in [4.69, 9.17) is 11.0 Å². The molecule has 0 atom stereocenters. The van der Waals surface area contributed by atoms with Crippen molar-refractivity contribution in [3.8, 4) is 17.4 Å². The van der Waals surface area contributed by atoms with E-state index in [9.17, 15) is 5.26 Å². The SMILES string of the molecule is [C-]#[N+]c1ccc2c(c1)c1cc(C#N)ccc1n2-c1ccc2sc3ccc(-n4c5ccccc5c5ccc6c7ccccc7oc6c54)cc3c2c1. The van der Waals surface area contributed by atoms with Crippen molar-refractivity contribution in [1.82, 2.24) is 9.13 Å². The van der Waals surface area contributed by atoms with Crippen molar-refractivity contribution in [1.29, 1.82) is 5.26 Å². The maximum atomic E-state index is 9.67. The second-order valence-corrected chi connectivity index (χ2v) is 13.8. The van der Waals surface area contributed by atoms with Crippen LogP contribution in [0.4, 0.5) is 5.69 Å². The number of nitrogens with zero attached hydrogens (tertiary/aromatic N) is 4. The number of hydrogen-bond acceptors (Lipinski definition) is 3. The van der Waals surface area contributed by atoms with Crippen LogP contribution in [-0.4, -0.2) is 9.13 Å². The lowest BCUT2D eigenvalue weighted by molar-refractivity contribution is 0.671. The lowest BCUT2D eigenvalue weighted by Gasteiger charge is -2.10. The van der Waals surface area contributed by atoms with Gasteiger partial charge in [0.25, 0.3) is 0 Å². The van der Waals surface area contributed by atoms with Crippen LogP contribution in [0.15, 0.2) is 138 Å². The molecule has 4 aromatic heterocycles. The van der Waals surface area contributed by atoms with Gasteiger partial charge in [-0.1, -0.05) is 48.5 Å². The Labute approximate surface area is 288 Å². The summed E-state index contributed by atoms with van der Waals surface area (Å²) in [6.45, 7) is 7.61. The maximum absolute atomic E-state index is 9.67. The number of fused-ring (bicyclic) bond motifs is 13. The van der Waals surface area contributed by atoms with E-state index in [1.165, 1.54) is 25.6 Å². The van der Waals surface area contributed by atoms with Crippen LogP contribution in [0, 0.1) is 17.9 Å². The quantitative estimate of drug-likeness (QED) is 0.174. The molecule has 0 bridgehead atoms. The smallest absolute Gasteiger partial charge is 0.188 e. The molecule has 0 spiro atoms. The van der Waals surface area contributed by atoms with Gasteiger partial charge in [0.2, 0.25) is 0 Å². The summed E-state index contributed by atoms with van der Waals surface area (Å²) in [5.74, 6) is 0. The lowest BCUT2D eigenvalue weighted by atomic mass is 10.1. The second-order valence-electron chi connectivity index (χ2n) is 12.7. The monoisotopic (exact) mass is 654 g/mol. The van der Waals surface area contributed by atoms with Crippen LogP contribution in [0.1, 0.15) is 5.56 Å². The summed E-state index contributed by atoms with van der Waals surface area (Å²) in [4.78, 5) is 3.68. The summed E-state index contributed by atoms with van der Waals surface area (Å²) in [5.41, 5.74) is 9.28. The molecule has 6 heteroatoms. The van der Waals surface area contributed by atoms with Crippen LogP contribution in [0.25, 0.3) is 102 Å². The molecule has 0 saturated heterocycles. The summed E-state index contributed by atoms with van der Waals surface area (Å²) in [6, 6.07) is 48.6. The fourth-order valence-corrected chi connectivity index (χ4v) is 9.03. The van der Waals surface area contributed by atoms with Crippen LogP contribution in [0.3, 0.4) is 0 Å². The number of para-hydroxylation sites is 2. The normalized spacial score (nSPS) is 12.0. The highest BCUT2D eigenvalue weighted by molar-refractivity contribution is 7.25. The third-order valence-electron chi connectivity index (χ3n) is 10.1. The minimum absolute atomic E-state index is 0.579. The van der Waals surface area contributed by atoms with Gasteiger partial charge in [-0.3, -0.25) is 0 Å². The summed E-state index contributed by atoms with van der Waals surface area (Å²) in [6.07, 6.45) is 0. The predicted octanol–water partition coefficient (Wildman–Crippen LogP) is 12.6. The van der Waals surface area contributed by atoms with Gasteiger partial charge in [0.1, 0.15) is 5.58 Å². The Morgan fingerprint density at radius 3 is 2.00 bits per heavy atom. The zero-order valence-electron chi connectivity index (χ0n) is 26.3. The lowest BCUT2D eigenvalue weighted by Crippen LogP contribution is -1.94. The van der Waals surface area contributed by atoms with E-state index in [1.807, 2.05) is 48.5 Å². The zero-order valence-corrected chi connectivity index (χ0v) is 27.1. The minimum Gasteiger partial charge on any atom is -0.454 e. The van der Waals surface area contributed by atoms with Gasteiger partial charge in [-0.25, -0.2) is 4.85 Å². The van der Waals surface area contributed by atoms with Gasteiger partial charge < -0.3 is 13.6 Å². The molecule has 0 amide bonds. The van der Waals surface area contributed by atoms with Crippen molar-refractivity contribution in [3.63, 3.8) is 0 Å². The Bertz CT molecular complexity index is 3290. The average molecular weight is 655 g/mol. The van der Waals surface area contributed by atoms with Crippen molar-refractivity contribution < 1.29 is 4.42 Å².